The molecule has 18 heavy (non-hydrogen) atoms. The number of hydrogen-bond acceptors (Lipinski definition) is 4. The summed E-state index contributed by atoms with van der Waals surface area (Å²) >= 11 is 0. The molecule has 1 amide bonds. The first-order chi connectivity index (χ1) is 8.70. The number of aryl methyl sites for hydroxylation is 1. The van der Waals surface area contributed by atoms with Crippen LogP contribution >= 0.6 is 0 Å². The predicted octanol–water partition coefficient (Wildman–Crippen LogP) is -0.243. The van der Waals surface area contributed by atoms with Crippen molar-refractivity contribution < 1.29 is 9.53 Å². The molecule has 0 spiro atoms. The van der Waals surface area contributed by atoms with E-state index < -0.39 is 0 Å². The summed E-state index contributed by atoms with van der Waals surface area (Å²) in [6.45, 7) is 5.15. The van der Waals surface area contributed by atoms with E-state index in [1.165, 1.54) is 0 Å². The number of hydrogen-bond donors (Lipinski definition) is 1. The Labute approximate surface area is 107 Å². The smallest absolute Gasteiger partial charge is 0.242 e. The zero-order valence-corrected chi connectivity index (χ0v) is 10.9. The standard InChI is InChI=1S/C12H20N4O2/c1-3-16(8-10-6-14-15(2)7-10)12(17)11-9-18-5-4-13-11/h6-7,11,13H,3-5,8-9H2,1-2H3/t11-/m1/s1. The molecule has 2 rings (SSSR count). The van der Waals surface area contributed by atoms with Gasteiger partial charge in [0, 0.05) is 38.4 Å². The highest BCUT2D eigenvalue weighted by atomic mass is 16.5. The van der Waals surface area contributed by atoms with Gasteiger partial charge in [-0.3, -0.25) is 9.48 Å². The minimum absolute atomic E-state index is 0.0982. The number of aromatic nitrogens is 2. The molecule has 2 heterocycles. The van der Waals surface area contributed by atoms with Gasteiger partial charge in [-0.2, -0.15) is 5.10 Å². The Kier molecular flexibility index (Phi) is 4.33. The zero-order chi connectivity index (χ0) is 13.0. The van der Waals surface area contributed by atoms with Crippen LogP contribution in [0.2, 0.25) is 0 Å². The number of amides is 1. The van der Waals surface area contributed by atoms with Crippen LogP contribution in [0, 0.1) is 0 Å². The zero-order valence-electron chi connectivity index (χ0n) is 10.9. The van der Waals surface area contributed by atoms with Crippen LogP contribution in [-0.4, -0.2) is 52.9 Å². The van der Waals surface area contributed by atoms with E-state index in [1.54, 1.807) is 10.9 Å². The number of rotatable bonds is 4. The fourth-order valence-electron chi connectivity index (χ4n) is 2.06. The van der Waals surface area contributed by atoms with Crippen molar-refractivity contribution in [2.75, 3.05) is 26.3 Å². The van der Waals surface area contributed by atoms with Gasteiger partial charge in [0.05, 0.1) is 19.4 Å². The maximum Gasteiger partial charge on any atom is 0.242 e. The molecule has 6 heteroatoms. The van der Waals surface area contributed by atoms with E-state index in [1.807, 2.05) is 25.1 Å². The molecule has 0 radical (unpaired) electrons. The fourth-order valence-corrected chi connectivity index (χ4v) is 2.06. The van der Waals surface area contributed by atoms with Crippen molar-refractivity contribution in [3.05, 3.63) is 18.0 Å². The first-order valence-corrected chi connectivity index (χ1v) is 6.28. The Morgan fingerprint density at radius 1 is 1.72 bits per heavy atom. The number of nitrogens with zero attached hydrogens (tertiary/aromatic N) is 3. The van der Waals surface area contributed by atoms with Crippen molar-refractivity contribution in [2.45, 2.75) is 19.5 Å². The van der Waals surface area contributed by atoms with Crippen molar-refractivity contribution in [1.82, 2.24) is 20.0 Å². The van der Waals surface area contributed by atoms with Gasteiger partial charge in [-0.05, 0) is 6.92 Å². The molecule has 0 unspecified atom stereocenters. The van der Waals surface area contributed by atoms with Crippen LogP contribution in [0.25, 0.3) is 0 Å². The summed E-state index contributed by atoms with van der Waals surface area (Å²) in [4.78, 5) is 14.1. The van der Waals surface area contributed by atoms with Crippen molar-refractivity contribution in [1.29, 1.82) is 0 Å². The highest BCUT2D eigenvalue weighted by Crippen LogP contribution is 2.06. The van der Waals surface area contributed by atoms with E-state index in [0.29, 0.717) is 26.3 Å². The van der Waals surface area contributed by atoms with E-state index in [9.17, 15) is 4.79 Å². The topological polar surface area (TPSA) is 59.4 Å². The highest BCUT2D eigenvalue weighted by molar-refractivity contribution is 5.82. The van der Waals surface area contributed by atoms with E-state index in [-0.39, 0.29) is 11.9 Å². The fraction of sp³-hybridized carbons (Fsp3) is 0.667. The van der Waals surface area contributed by atoms with Crippen LogP contribution in [0.1, 0.15) is 12.5 Å². The van der Waals surface area contributed by atoms with Crippen molar-refractivity contribution in [2.24, 2.45) is 7.05 Å². The van der Waals surface area contributed by atoms with E-state index in [0.717, 1.165) is 12.1 Å². The molecule has 1 atom stereocenters. The highest BCUT2D eigenvalue weighted by Gasteiger charge is 2.25. The van der Waals surface area contributed by atoms with Crippen LogP contribution < -0.4 is 5.32 Å². The predicted molar refractivity (Wildman–Crippen MR) is 66.9 cm³/mol. The molecule has 1 fully saturated rings. The van der Waals surface area contributed by atoms with Crippen LogP contribution in [0.3, 0.4) is 0 Å². The molecule has 1 aromatic heterocycles. The van der Waals surface area contributed by atoms with Crippen LogP contribution in [0.15, 0.2) is 12.4 Å². The second kappa shape index (κ2) is 5.97. The van der Waals surface area contributed by atoms with Gasteiger partial charge in [0.15, 0.2) is 0 Å². The Morgan fingerprint density at radius 2 is 2.56 bits per heavy atom. The van der Waals surface area contributed by atoms with Gasteiger partial charge in [-0.25, -0.2) is 0 Å². The third-order valence-electron chi connectivity index (χ3n) is 3.04. The van der Waals surface area contributed by atoms with Crippen LogP contribution in [0.5, 0.6) is 0 Å². The van der Waals surface area contributed by atoms with Gasteiger partial charge in [0.1, 0.15) is 6.04 Å². The molecule has 1 aliphatic rings. The van der Waals surface area contributed by atoms with Crippen LogP contribution in [-0.2, 0) is 23.1 Å². The second-order valence-electron chi connectivity index (χ2n) is 4.46. The van der Waals surface area contributed by atoms with Gasteiger partial charge >= 0.3 is 0 Å². The Hall–Kier alpha value is -1.40. The van der Waals surface area contributed by atoms with E-state index in [2.05, 4.69) is 10.4 Å². The average Bonchev–Trinajstić information content (AvgIpc) is 2.82. The quantitative estimate of drug-likeness (QED) is 0.803. The maximum absolute atomic E-state index is 12.3. The largest absolute Gasteiger partial charge is 0.378 e. The lowest BCUT2D eigenvalue weighted by atomic mass is 10.2. The molecule has 0 bridgehead atoms. The summed E-state index contributed by atoms with van der Waals surface area (Å²) in [6.07, 6.45) is 3.72. The average molecular weight is 252 g/mol. The molecule has 100 valence electrons. The minimum atomic E-state index is -0.213. The van der Waals surface area contributed by atoms with Gasteiger partial charge < -0.3 is 15.0 Å². The maximum atomic E-state index is 12.3. The summed E-state index contributed by atoms with van der Waals surface area (Å²) in [5.74, 6) is 0.0982. The summed E-state index contributed by atoms with van der Waals surface area (Å²) in [5.41, 5.74) is 1.05. The lowest BCUT2D eigenvalue weighted by Gasteiger charge is -2.29. The number of likely N-dealkylation sites (N-methyl/N-ethyl adjacent to an activating group) is 1. The molecule has 1 saturated heterocycles. The van der Waals surface area contributed by atoms with E-state index >= 15 is 0 Å². The van der Waals surface area contributed by atoms with Gasteiger partial charge in [-0.15, -0.1) is 0 Å². The summed E-state index contributed by atoms with van der Waals surface area (Å²) in [6, 6.07) is -0.213. The molecule has 6 nitrogen and oxygen atoms in total. The van der Waals surface area contributed by atoms with E-state index in [4.69, 9.17) is 4.74 Å². The molecule has 0 aliphatic carbocycles. The Morgan fingerprint density at radius 3 is 3.11 bits per heavy atom. The molecular formula is C12H20N4O2. The number of ether oxygens (including phenoxy) is 1. The summed E-state index contributed by atoms with van der Waals surface area (Å²) < 4.78 is 7.07. The third kappa shape index (κ3) is 3.08. The summed E-state index contributed by atoms with van der Waals surface area (Å²) in [7, 11) is 1.87. The normalized spacial score (nSPS) is 19.8. The molecule has 1 aliphatic heterocycles. The monoisotopic (exact) mass is 252 g/mol. The number of morpholine rings is 1. The number of nitrogens with one attached hydrogen (secondary N) is 1. The van der Waals surface area contributed by atoms with Crippen molar-refractivity contribution in [3.8, 4) is 0 Å². The number of carbonyl (C=O) groups is 1. The molecular weight excluding hydrogens is 232 g/mol. The summed E-state index contributed by atoms with van der Waals surface area (Å²) in [5, 5.41) is 7.30. The van der Waals surface area contributed by atoms with Gasteiger partial charge in [-0.1, -0.05) is 0 Å². The SMILES string of the molecule is CCN(Cc1cnn(C)c1)C(=O)[C@H]1COCCN1. The molecule has 0 aromatic carbocycles. The molecule has 0 saturated carbocycles. The first kappa shape index (κ1) is 13.0. The Balaban J connectivity index is 1.96. The first-order valence-electron chi connectivity index (χ1n) is 6.28. The van der Waals surface area contributed by atoms with Crippen molar-refractivity contribution >= 4 is 5.91 Å². The van der Waals surface area contributed by atoms with Gasteiger partial charge in [0.25, 0.3) is 0 Å². The lowest BCUT2D eigenvalue weighted by Crippen LogP contribution is -2.52. The van der Waals surface area contributed by atoms with Gasteiger partial charge in [0.2, 0.25) is 5.91 Å². The number of carbonyl (C=O) groups excluding carboxylic acids is 1. The third-order valence-corrected chi connectivity index (χ3v) is 3.04. The van der Waals surface area contributed by atoms with Crippen LogP contribution in [0.4, 0.5) is 0 Å². The Bertz CT molecular complexity index is 399. The molecule has 1 aromatic rings. The minimum Gasteiger partial charge on any atom is -0.378 e. The van der Waals surface area contributed by atoms with Crippen molar-refractivity contribution in [3.63, 3.8) is 0 Å². The second-order valence-corrected chi connectivity index (χ2v) is 4.46. The molecule has 1 N–H and O–H groups in total. The lowest BCUT2D eigenvalue weighted by molar-refractivity contribution is -0.136.